The van der Waals surface area contributed by atoms with Crippen LogP contribution < -0.4 is 5.56 Å². The lowest BCUT2D eigenvalue weighted by atomic mass is 10.0. The van der Waals surface area contributed by atoms with Gasteiger partial charge in [-0.05, 0) is 23.8 Å². The number of benzene rings is 2. The maximum Gasteiger partial charge on any atom is 0.272 e. The number of hydrogen-bond donors (Lipinski definition) is 1. The Balaban J connectivity index is 1.53. The van der Waals surface area contributed by atoms with Gasteiger partial charge in [0, 0.05) is 56.9 Å². The molecule has 0 spiro atoms. The fourth-order valence-electron chi connectivity index (χ4n) is 3.88. The monoisotopic (exact) mass is 424 g/mol. The number of fused-ring (bicyclic) bond motifs is 1. The molecule has 1 amide bonds. The zero-order valence-corrected chi connectivity index (χ0v) is 18.1. The van der Waals surface area contributed by atoms with Crippen molar-refractivity contribution in [2.24, 2.45) is 0 Å². The Labute approximate surface area is 175 Å². The van der Waals surface area contributed by atoms with Crippen molar-refractivity contribution < 1.29 is 9.36 Å². The first-order valence-electron chi connectivity index (χ1n) is 9.98. The summed E-state index contributed by atoms with van der Waals surface area (Å²) in [5.74, 6) is -0.0159. The molecule has 0 atom stereocenters. The van der Waals surface area contributed by atoms with E-state index in [2.05, 4.69) is 10.2 Å². The van der Waals surface area contributed by atoms with Crippen LogP contribution in [0, 0.1) is 0 Å². The highest BCUT2D eigenvalue weighted by Gasteiger charge is 2.27. The van der Waals surface area contributed by atoms with Crippen LogP contribution in [0.4, 0.5) is 0 Å². The van der Waals surface area contributed by atoms with Crippen LogP contribution in [0.15, 0.2) is 53.3 Å². The first-order valence-corrected chi connectivity index (χ1v) is 12.5. The molecule has 1 N–H and O–H groups in total. The van der Waals surface area contributed by atoms with Gasteiger partial charge in [-0.15, -0.1) is 0 Å². The number of carbonyl (C=O) groups is 1. The summed E-state index contributed by atoms with van der Waals surface area (Å²) < 4.78 is 14.2. The van der Waals surface area contributed by atoms with Gasteiger partial charge >= 0.3 is 0 Å². The highest BCUT2D eigenvalue weighted by molar-refractivity contribution is 7.59. The maximum absolute atomic E-state index is 13.0. The van der Waals surface area contributed by atoms with E-state index in [1.807, 2.05) is 52.0 Å². The van der Waals surface area contributed by atoms with E-state index in [4.69, 9.17) is 0 Å². The van der Waals surface area contributed by atoms with Crippen LogP contribution in [0.25, 0.3) is 10.8 Å². The van der Waals surface area contributed by atoms with Crippen molar-refractivity contribution in [1.82, 2.24) is 19.8 Å². The summed E-state index contributed by atoms with van der Waals surface area (Å²) in [5, 5.41) is 8.22. The second-order valence-corrected chi connectivity index (χ2v) is 11.1. The molecule has 4 rings (SSSR count). The van der Waals surface area contributed by atoms with E-state index in [-0.39, 0.29) is 11.5 Å². The van der Waals surface area contributed by atoms with Gasteiger partial charge in [-0.25, -0.2) is 5.10 Å². The third-order valence-corrected chi connectivity index (χ3v) is 7.31. The van der Waals surface area contributed by atoms with Crippen LogP contribution in [0.2, 0.25) is 0 Å². The molecule has 0 bridgehead atoms. The molecule has 0 saturated carbocycles. The molecule has 7 nitrogen and oxygen atoms in total. The third kappa shape index (κ3) is 4.23. The van der Waals surface area contributed by atoms with E-state index in [0.717, 1.165) is 16.6 Å². The fourth-order valence-corrected chi connectivity index (χ4v) is 5.02. The lowest BCUT2D eigenvalue weighted by Gasteiger charge is -2.36. The van der Waals surface area contributed by atoms with Gasteiger partial charge in [-0.3, -0.25) is 14.3 Å². The molecule has 0 unspecified atom stereocenters. The van der Waals surface area contributed by atoms with Crippen molar-refractivity contribution in [2.75, 3.05) is 39.5 Å². The summed E-state index contributed by atoms with van der Waals surface area (Å²) >= 11 is 0. The molecule has 2 heterocycles. The van der Waals surface area contributed by atoms with Crippen LogP contribution in [-0.4, -0.2) is 65.2 Å². The Hall–Kier alpha value is -2.76. The van der Waals surface area contributed by atoms with E-state index in [1.165, 1.54) is 0 Å². The van der Waals surface area contributed by atoms with Gasteiger partial charge in [0.25, 0.3) is 11.5 Å². The highest BCUT2D eigenvalue weighted by Crippen LogP contribution is 2.41. The molecule has 156 valence electrons. The van der Waals surface area contributed by atoms with Crippen LogP contribution in [-0.2, 0) is 11.0 Å². The zero-order valence-electron chi connectivity index (χ0n) is 17.2. The summed E-state index contributed by atoms with van der Waals surface area (Å²) in [7, 11) is -2.28. The van der Waals surface area contributed by atoms with Crippen molar-refractivity contribution in [1.29, 1.82) is 0 Å². The fraction of sp³-hybridized carbons (Fsp3) is 0.318. The first-order chi connectivity index (χ1) is 14.3. The maximum atomic E-state index is 13.0. The topological polar surface area (TPSA) is 86.4 Å². The molecule has 0 radical (unpaired) electrons. The zero-order chi connectivity index (χ0) is 21.3. The van der Waals surface area contributed by atoms with E-state index >= 15 is 0 Å². The molecule has 1 aromatic heterocycles. The minimum Gasteiger partial charge on any atom is -0.336 e. The Bertz CT molecular complexity index is 1190. The third-order valence-electron chi connectivity index (χ3n) is 5.54. The number of hydrogen-bond acceptors (Lipinski definition) is 4. The predicted octanol–water partition coefficient (Wildman–Crippen LogP) is 2.81. The summed E-state index contributed by atoms with van der Waals surface area (Å²) in [6.07, 6.45) is 0.515. The van der Waals surface area contributed by atoms with Crippen LogP contribution in [0.5, 0.6) is 0 Å². The van der Waals surface area contributed by atoms with E-state index in [1.54, 1.807) is 19.4 Å². The summed E-state index contributed by atoms with van der Waals surface area (Å²) in [4.78, 5) is 26.8. The molecule has 1 saturated heterocycles. The van der Waals surface area contributed by atoms with Crippen LogP contribution in [0.3, 0.4) is 0 Å². The highest BCUT2D eigenvalue weighted by atomic mass is 31.2. The molecular formula is C22H25N4O3P. The Morgan fingerprint density at radius 2 is 1.73 bits per heavy atom. The average molecular weight is 424 g/mol. The number of piperazine rings is 1. The molecule has 1 aliphatic heterocycles. The van der Waals surface area contributed by atoms with Crippen LogP contribution >= 0.6 is 7.29 Å². The molecule has 1 fully saturated rings. The normalized spacial score (nSPS) is 15.5. The smallest absolute Gasteiger partial charge is 0.272 e. The van der Waals surface area contributed by atoms with Gasteiger partial charge in [0.2, 0.25) is 0 Å². The molecule has 1 aliphatic rings. The quantitative estimate of drug-likeness (QED) is 0.651. The van der Waals surface area contributed by atoms with E-state index in [0.29, 0.717) is 43.5 Å². The largest absolute Gasteiger partial charge is 0.336 e. The van der Waals surface area contributed by atoms with E-state index in [9.17, 15) is 14.2 Å². The standard InChI is InChI=1S/C22H25N4O3P/c1-30(2,29)26-12-10-25(11-13-26)22(28)17-7-5-6-16(14-17)15-20-18-8-3-4-9-19(18)21(27)24-23-20/h3-9,14H,10-13,15H2,1-2H3,(H,24,27). The number of carbonyl (C=O) groups excluding carboxylic acids is 1. The SMILES string of the molecule is CP(C)(=O)N1CCN(C(=O)c2cccc(Cc3n[nH]c(=O)c4ccccc34)c2)CC1. The lowest BCUT2D eigenvalue weighted by molar-refractivity contribution is 0.0697. The van der Waals surface area contributed by atoms with Crippen molar-refractivity contribution in [2.45, 2.75) is 6.42 Å². The summed E-state index contributed by atoms with van der Waals surface area (Å²) in [6, 6.07) is 14.9. The number of aromatic amines is 1. The second kappa shape index (κ2) is 8.17. The van der Waals surface area contributed by atoms with Gasteiger partial charge in [0.15, 0.2) is 0 Å². The van der Waals surface area contributed by atoms with Crippen LogP contribution in [0.1, 0.15) is 21.6 Å². The van der Waals surface area contributed by atoms with Gasteiger partial charge < -0.3 is 9.46 Å². The van der Waals surface area contributed by atoms with Gasteiger partial charge in [0.1, 0.15) is 7.29 Å². The molecule has 3 aromatic rings. The minimum absolute atomic E-state index is 0.0159. The second-order valence-electron chi connectivity index (χ2n) is 7.96. The number of nitrogens with one attached hydrogen (secondary N) is 1. The van der Waals surface area contributed by atoms with Gasteiger partial charge in [-0.1, -0.05) is 30.3 Å². The lowest BCUT2D eigenvalue weighted by Crippen LogP contribution is -2.47. The number of H-pyrrole nitrogens is 1. The Morgan fingerprint density at radius 3 is 2.43 bits per heavy atom. The van der Waals surface area contributed by atoms with Crippen molar-refractivity contribution >= 4 is 24.0 Å². The average Bonchev–Trinajstić information content (AvgIpc) is 2.75. The molecule has 0 aliphatic carbocycles. The van der Waals surface area contributed by atoms with Crippen molar-refractivity contribution in [3.05, 3.63) is 75.7 Å². The molecular weight excluding hydrogens is 399 g/mol. The predicted molar refractivity (Wildman–Crippen MR) is 119 cm³/mol. The van der Waals surface area contributed by atoms with Gasteiger partial charge in [0.05, 0.1) is 11.1 Å². The van der Waals surface area contributed by atoms with Crippen molar-refractivity contribution in [3.8, 4) is 0 Å². The first kappa shape index (κ1) is 20.5. The Kier molecular flexibility index (Phi) is 5.58. The molecule has 2 aromatic carbocycles. The number of amides is 1. The summed E-state index contributed by atoms with van der Waals surface area (Å²) in [5.41, 5.74) is 2.15. The Morgan fingerprint density at radius 1 is 1.03 bits per heavy atom. The summed E-state index contributed by atoms with van der Waals surface area (Å²) in [6.45, 7) is 5.93. The molecule has 30 heavy (non-hydrogen) atoms. The van der Waals surface area contributed by atoms with Crippen molar-refractivity contribution in [3.63, 3.8) is 0 Å². The number of aromatic nitrogens is 2. The van der Waals surface area contributed by atoms with E-state index < -0.39 is 7.29 Å². The number of nitrogens with zero attached hydrogens (tertiary/aromatic N) is 3. The minimum atomic E-state index is -2.28. The van der Waals surface area contributed by atoms with Gasteiger partial charge in [-0.2, -0.15) is 5.10 Å². The number of rotatable bonds is 4. The molecule has 8 heteroatoms.